The van der Waals surface area contributed by atoms with Gasteiger partial charge in [-0.1, -0.05) is 12.1 Å². The number of aryl methyl sites for hydroxylation is 1. The minimum absolute atomic E-state index is 0.00407. The number of rotatable bonds is 5. The molecular formula is C22H29N2O3S+. The maximum absolute atomic E-state index is 12.0. The number of hydrogen-bond donors (Lipinski definition) is 2. The summed E-state index contributed by atoms with van der Waals surface area (Å²) >= 11 is 1.77. The quantitative estimate of drug-likeness (QED) is 0.810. The highest BCUT2D eigenvalue weighted by Crippen LogP contribution is 2.43. The van der Waals surface area contributed by atoms with Crippen molar-refractivity contribution in [3.63, 3.8) is 0 Å². The van der Waals surface area contributed by atoms with Crippen molar-refractivity contribution in [2.75, 3.05) is 38.7 Å². The number of quaternary nitrogens is 1. The van der Waals surface area contributed by atoms with Crippen molar-refractivity contribution < 1.29 is 19.2 Å². The maximum atomic E-state index is 12.0. The number of fused-ring (bicyclic) bond motifs is 1. The molecule has 1 aromatic heterocycles. The summed E-state index contributed by atoms with van der Waals surface area (Å²) in [7, 11) is 1.74. The zero-order valence-electron chi connectivity index (χ0n) is 16.7. The number of nitrogens with one attached hydrogen (secondary N) is 2. The molecule has 4 rings (SSSR count). The van der Waals surface area contributed by atoms with Crippen LogP contribution in [0.5, 0.6) is 5.75 Å². The highest BCUT2D eigenvalue weighted by Gasteiger charge is 2.37. The lowest BCUT2D eigenvalue weighted by atomic mass is 9.88. The molecule has 1 amide bonds. The Kier molecular flexibility index (Phi) is 5.99. The van der Waals surface area contributed by atoms with Gasteiger partial charge in [-0.25, -0.2) is 0 Å². The number of ether oxygens (including phenoxy) is 2. The molecule has 1 saturated heterocycles. The van der Waals surface area contributed by atoms with Crippen LogP contribution in [0.15, 0.2) is 24.3 Å². The van der Waals surface area contributed by atoms with E-state index in [-0.39, 0.29) is 11.9 Å². The molecule has 1 fully saturated rings. The summed E-state index contributed by atoms with van der Waals surface area (Å²) in [6.07, 6.45) is 4.66. The lowest BCUT2D eigenvalue weighted by Crippen LogP contribution is -3.14. The lowest BCUT2D eigenvalue weighted by molar-refractivity contribution is -0.933. The van der Waals surface area contributed by atoms with E-state index in [2.05, 4.69) is 17.4 Å². The summed E-state index contributed by atoms with van der Waals surface area (Å²) in [4.78, 5) is 14.9. The fourth-order valence-corrected chi connectivity index (χ4v) is 5.93. The summed E-state index contributed by atoms with van der Waals surface area (Å²) in [6.45, 7) is 5.04. The van der Waals surface area contributed by atoms with Gasteiger partial charge in [-0.05, 0) is 43.4 Å². The molecule has 2 aliphatic rings. The topological polar surface area (TPSA) is 52.0 Å². The second-order valence-corrected chi connectivity index (χ2v) is 8.69. The van der Waals surface area contributed by atoms with E-state index in [4.69, 9.17) is 9.47 Å². The van der Waals surface area contributed by atoms with Gasteiger partial charge in [-0.2, -0.15) is 0 Å². The van der Waals surface area contributed by atoms with Crippen LogP contribution in [-0.2, 0) is 22.4 Å². The van der Waals surface area contributed by atoms with E-state index in [1.54, 1.807) is 25.4 Å². The van der Waals surface area contributed by atoms with E-state index >= 15 is 0 Å². The van der Waals surface area contributed by atoms with Gasteiger partial charge in [0.2, 0.25) is 5.91 Å². The summed E-state index contributed by atoms with van der Waals surface area (Å²) in [6, 6.07) is 8.46. The van der Waals surface area contributed by atoms with Crippen LogP contribution in [0.2, 0.25) is 0 Å². The Hall–Kier alpha value is -1.89. The van der Waals surface area contributed by atoms with Crippen LogP contribution in [0.1, 0.15) is 47.4 Å². The first-order chi connectivity index (χ1) is 13.7. The van der Waals surface area contributed by atoms with E-state index in [0.29, 0.717) is 0 Å². The summed E-state index contributed by atoms with van der Waals surface area (Å²) < 4.78 is 11.4. The van der Waals surface area contributed by atoms with Gasteiger partial charge in [-0.3, -0.25) is 4.79 Å². The van der Waals surface area contributed by atoms with Crippen LogP contribution in [0, 0.1) is 0 Å². The number of amides is 1. The molecule has 1 aliphatic heterocycles. The molecule has 0 radical (unpaired) electrons. The van der Waals surface area contributed by atoms with Crippen molar-refractivity contribution in [2.24, 2.45) is 0 Å². The fourth-order valence-electron chi connectivity index (χ4n) is 4.56. The Labute approximate surface area is 170 Å². The van der Waals surface area contributed by atoms with E-state index in [9.17, 15) is 4.79 Å². The van der Waals surface area contributed by atoms with Crippen LogP contribution >= 0.6 is 11.3 Å². The second-order valence-electron chi connectivity index (χ2n) is 7.58. The van der Waals surface area contributed by atoms with Crippen molar-refractivity contribution in [3.05, 3.63) is 45.8 Å². The third-order valence-corrected chi connectivity index (χ3v) is 7.01. The zero-order valence-corrected chi connectivity index (χ0v) is 17.5. The average molecular weight is 402 g/mol. The molecule has 6 heteroatoms. The van der Waals surface area contributed by atoms with Crippen molar-refractivity contribution in [3.8, 4) is 5.75 Å². The predicted octanol–water partition coefficient (Wildman–Crippen LogP) is 2.60. The monoisotopic (exact) mass is 401 g/mol. The van der Waals surface area contributed by atoms with Gasteiger partial charge in [0.1, 0.15) is 29.9 Å². The third-order valence-electron chi connectivity index (χ3n) is 5.78. The Balaban J connectivity index is 1.89. The van der Waals surface area contributed by atoms with Crippen molar-refractivity contribution in [1.29, 1.82) is 0 Å². The van der Waals surface area contributed by atoms with E-state index in [0.717, 1.165) is 49.9 Å². The molecule has 0 saturated carbocycles. The van der Waals surface area contributed by atoms with E-state index in [1.807, 2.05) is 12.1 Å². The molecule has 5 nitrogen and oxygen atoms in total. The lowest BCUT2D eigenvalue weighted by Gasteiger charge is -2.33. The molecule has 28 heavy (non-hydrogen) atoms. The standard InChI is InChI=1S/C22H28N2O3S/c1-15(25)23-22-20(17-8-4-6-10-19(17)28-22)21(24-11-13-27-14-12-24)16-7-3-5-9-18(16)26-2/h3,5,7,9,21H,4,6,8,10-14H2,1-2H3,(H,23,25)/p+1/t21-/m1/s1. The van der Waals surface area contributed by atoms with Crippen molar-refractivity contribution >= 4 is 22.2 Å². The second kappa shape index (κ2) is 8.64. The zero-order chi connectivity index (χ0) is 19.5. The Morgan fingerprint density at radius 1 is 1.21 bits per heavy atom. The van der Waals surface area contributed by atoms with Crippen LogP contribution in [0.3, 0.4) is 0 Å². The molecule has 0 spiro atoms. The Morgan fingerprint density at radius 3 is 2.71 bits per heavy atom. The molecule has 150 valence electrons. The largest absolute Gasteiger partial charge is 0.496 e. The Morgan fingerprint density at radius 2 is 1.96 bits per heavy atom. The highest BCUT2D eigenvalue weighted by atomic mass is 32.1. The number of para-hydroxylation sites is 1. The number of hydrogen-bond acceptors (Lipinski definition) is 4. The minimum Gasteiger partial charge on any atom is -0.496 e. The fraction of sp³-hybridized carbons (Fsp3) is 0.500. The van der Waals surface area contributed by atoms with E-state index in [1.165, 1.54) is 39.3 Å². The first kappa shape index (κ1) is 19.4. The summed E-state index contributed by atoms with van der Waals surface area (Å²) in [5, 5.41) is 4.17. The molecule has 1 aromatic carbocycles. The smallest absolute Gasteiger partial charge is 0.221 e. The molecule has 0 unspecified atom stereocenters. The van der Waals surface area contributed by atoms with Gasteiger partial charge in [0, 0.05) is 11.8 Å². The molecule has 2 aromatic rings. The van der Waals surface area contributed by atoms with Crippen LogP contribution < -0.4 is 15.0 Å². The van der Waals surface area contributed by atoms with Crippen molar-refractivity contribution in [1.82, 2.24) is 0 Å². The van der Waals surface area contributed by atoms with Crippen molar-refractivity contribution in [2.45, 2.75) is 38.6 Å². The normalized spacial score (nSPS) is 18.4. The molecular weight excluding hydrogens is 372 g/mol. The number of carbonyl (C=O) groups is 1. The molecule has 1 atom stereocenters. The molecule has 2 heterocycles. The number of methoxy groups -OCH3 is 1. The summed E-state index contributed by atoms with van der Waals surface area (Å²) in [5.74, 6) is 0.909. The number of thiophene rings is 1. The number of benzene rings is 1. The molecule has 1 aliphatic carbocycles. The summed E-state index contributed by atoms with van der Waals surface area (Å²) in [5.41, 5.74) is 3.95. The van der Waals surface area contributed by atoms with Gasteiger partial charge in [-0.15, -0.1) is 11.3 Å². The van der Waals surface area contributed by atoms with Gasteiger partial charge >= 0.3 is 0 Å². The highest BCUT2D eigenvalue weighted by molar-refractivity contribution is 7.16. The first-order valence-electron chi connectivity index (χ1n) is 10.2. The number of anilines is 1. The molecule has 2 N–H and O–H groups in total. The van der Waals surface area contributed by atoms with Gasteiger partial charge < -0.3 is 19.7 Å². The third kappa shape index (κ3) is 3.81. The average Bonchev–Trinajstić information content (AvgIpc) is 3.07. The first-order valence-corrected chi connectivity index (χ1v) is 11.0. The van der Waals surface area contributed by atoms with Gasteiger partial charge in [0.05, 0.1) is 31.5 Å². The van der Waals surface area contributed by atoms with Gasteiger partial charge in [0.25, 0.3) is 0 Å². The van der Waals surface area contributed by atoms with E-state index < -0.39 is 0 Å². The molecule has 0 bridgehead atoms. The van der Waals surface area contributed by atoms with Crippen LogP contribution in [0.4, 0.5) is 5.00 Å². The van der Waals surface area contributed by atoms with Gasteiger partial charge in [0.15, 0.2) is 0 Å². The SMILES string of the molecule is COc1ccccc1[C@H](c1c(NC(C)=O)sc2c1CCCC2)[NH+]1CCOCC1. The number of carbonyl (C=O) groups excluding carboxylic acids is 1. The van der Waals surface area contributed by atoms with Crippen LogP contribution in [0.25, 0.3) is 0 Å². The van der Waals surface area contributed by atoms with Crippen LogP contribution in [-0.4, -0.2) is 39.3 Å². The Bertz CT molecular complexity index is 842. The number of morpholine rings is 1. The maximum Gasteiger partial charge on any atom is 0.221 e. The predicted molar refractivity (Wildman–Crippen MR) is 112 cm³/mol. The minimum atomic E-state index is -0.00407.